The van der Waals surface area contributed by atoms with Crippen LogP contribution in [0.1, 0.15) is 17.2 Å². The Bertz CT molecular complexity index is 668. The predicted octanol–water partition coefficient (Wildman–Crippen LogP) is 2.85. The molecule has 0 aromatic heterocycles. The molecule has 1 atom stereocenters. The zero-order chi connectivity index (χ0) is 15.2. The highest BCUT2D eigenvalue weighted by Gasteiger charge is 2.12. The molecule has 0 aliphatic rings. The normalized spacial score (nSPS) is 11.5. The minimum Gasteiger partial charge on any atom is -0.495 e. The molecule has 108 valence electrons. The zero-order valence-electron chi connectivity index (χ0n) is 11.5. The molecule has 2 N–H and O–H groups in total. The average Bonchev–Trinajstić information content (AvgIpc) is 2.52. The van der Waals surface area contributed by atoms with E-state index >= 15 is 0 Å². The van der Waals surface area contributed by atoms with E-state index in [1.54, 1.807) is 24.3 Å². The van der Waals surface area contributed by atoms with Crippen LogP contribution in [0, 0.1) is 17.1 Å². The van der Waals surface area contributed by atoms with Gasteiger partial charge in [-0.15, -0.1) is 0 Å². The van der Waals surface area contributed by atoms with E-state index in [9.17, 15) is 9.50 Å². The molecule has 1 unspecified atom stereocenters. The number of anilines is 1. The fourth-order valence-corrected chi connectivity index (χ4v) is 2.01. The summed E-state index contributed by atoms with van der Waals surface area (Å²) in [5, 5.41) is 22.2. The van der Waals surface area contributed by atoms with Crippen molar-refractivity contribution >= 4 is 5.69 Å². The molecule has 0 bridgehead atoms. The smallest absolute Gasteiger partial charge is 0.143 e. The summed E-state index contributed by atoms with van der Waals surface area (Å²) in [7, 11) is 1.50. The lowest BCUT2D eigenvalue weighted by Crippen LogP contribution is -2.13. The minimum atomic E-state index is -0.892. The van der Waals surface area contributed by atoms with Crippen molar-refractivity contribution in [2.24, 2.45) is 0 Å². The molecule has 0 amide bonds. The highest BCUT2D eigenvalue weighted by molar-refractivity contribution is 5.66. The number of nitrogens with zero attached hydrogens (tertiary/aromatic N) is 1. The SMILES string of the molecule is COc1cccc(C#N)c1NCC(O)c1cccc(F)c1. The standard InChI is InChI=1S/C16H15FN2O2/c1-21-15-7-3-5-12(9-18)16(15)19-10-14(20)11-4-2-6-13(17)8-11/h2-8,14,19-20H,10H2,1H3. The van der Waals surface area contributed by atoms with Crippen LogP contribution in [0.3, 0.4) is 0 Å². The number of aliphatic hydroxyl groups is 1. The van der Waals surface area contributed by atoms with Gasteiger partial charge in [-0.3, -0.25) is 0 Å². The number of nitriles is 1. The molecule has 0 saturated carbocycles. The van der Waals surface area contributed by atoms with Gasteiger partial charge in [0.1, 0.15) is 17.6 Å². The fourth-order valence-electron chi connectivity index (χ4n) is 2.01. The van der Waals surface area contributed by atoms with Gasteiger partial charge in [-0.2, -0.15) is 5.26 Å². The van der Waals surface area contributed by atoms with Crippen LogP contribution >= 0.6 is 0 Å². The second-order valence-electron chi connectivity index (χ2n) is 4.45. The van der Waals surface area contributed by atoms with E-state index in [1.807, 2.05) is 0 Å². The molecule has 0 spiro atoms. The largest absolute Gasteiger partial charge is 0.495 e. The number of aliphatic hydroxyl groups excluding tert-OH is 1. The maximum absolute atomic E-state index is 13.1. The first-order valence-electron chi connectivity index (χ1n) is 6.40. The van der Waals surface area contributed by atoms with Crippen molar-refractivity contribution in [3.8, 4) is 11.8 Å². The third-order valence-electron chi connectivity index (χ3n) is 3.07. The highest BCUT2D eigenvalue weighted by Crippen LogP contribution is 2.28. The second-order valence-corrected chi connectivity index (χ2v) is 4.45. The Morgan fingerprint density at radius 1 is 1.33 bits per heavy atom. The van der Waals surface area contributed by atoms with Gasteiger partial charge in [0.15, 0.2) is 0 Å². The Hall–Kier alpha value is -2.58. The first-order chi connectivity index (χ1) is 10.2. The van der Waals surface area contributed by atoms with Crippen LogP contribution in [0.5, 0.6) is 5.75 Å². The van der Waals surface area contributed by atoms with E-state index in [4.69, 9.17) is 10.00 Å². The van der Waals surface area contributed by atoms with Crippen molar-refractivity contribution in [1.29, 1.82) is 5.26 Å². The van der Waals surface area contributed by atoms with E-state index < -0.39 is 11.9 Å². The second kappa shape index (κ2) is 6.73. The monoisotopic (exact) mass is 286 g/mol. The maximum atomic E-state index is 13.1. The number of benzene rings is 2. The fraction of sp³-hybridized carbons (Fsp3) is 0.188. The molecule has 0 aliphatic carbocycles. The summed E-state index contributed by atoms with van der Waals surface area (Å²) in [4.78, 5) is 0. The quantitative estimate of drug-likeness (QED) is 0.887. The highest BCUT2D eigenvalue weighted by atomic mass is 19.1. The van der Waals surface area contributed by atoms with E-state index in [-0.39, 0.29) is 6.54 Å². The number of para-hydroxylation sites is 1. The molecule has 0 fully saturated rings. The van der Waals surface area contributed by atoms with Gasteiger partial charge in [0.25, 0.3) is 0 Å². The predicted molar refractivity (Wildman–Crippen MR) is 77.6 cm³/mol. The zero-order valence-corrected chi connectivity index (χ0v) is 11.5. The van der Waals surface area contributed by atoms with Crippen molar-refractivity contribution < 1.29 is 14.2 Å². The van der Waals surface area contributed by atoms with E-state index in [0.717, 1.165) is 0 Å². The summed E-state index contributed by atoms with van der Waals surface area (Å²) in [6.45, 7) is 0.137. The number of hydrogen-bond donors (Lipinski definition) is 2. The van der Waals surface area contributed by atoms with Crippen LogP contribution in [-0.4, -0.2) is 18.8 Å². The van der Waals surface area contributed by atoms with E-state index in [1.165, 1.54) is 25.3 Å². The van der Waals surface area contributed by atoms with Crippen LogP contribution in [-0.2, 0) is 0 Å². The van der Waals surface area contributed by atoms with Crippen molar-refractivity contribution in [1.82, 2.24) is 0 Å². The number of nitrogens with one attached hydrogen (secondary N) is 1. The van der Waals surface area contributed by atoms with Crippen molar-refractivity contribution in [2.75, 3.05) is 19.0 Å². The number of rotatable bonds is 5. The van der Waals surface area contributed by atoms with Gasteiger partial charge < -0.3 is 15.2 Å². The molecule has 5 heteroatoms. The summed E-state index contributed by atoms with van der Waals surface area (Å²) in [6.07, 6.45) is -0.892. The summed E-state index contributed by atoms with van der Waals surface area (Å²) in [6, 6.07) is 12.9. The third kappa shape index (κ3) is 3.50. The summed E-state index contributed by atoms with van der Waals surface area (Å²) in [5.41, 5.74) is 1.40. The van der Waals surface area contributed by atoms with Gasteiger partial charge in [0.2, 0.25) is 0 Å². The van der Waals surface area contributed by atoms with Crippen molar-refractivity contribution in [2.45, 2.75) is 6.10 Å². The van der Waals surface area contributed by atoms with Gasteiger partial charge >= 0.3 is 0 Å². The minimum absolute atomic E-state index is 0.137. The van der Waals surface area contributed by atoms with Crippen LogP contribution in [0.15, 0.2) is 42.5 Å². The van der Waals surface area contributed by atoms with Crippen LogP contribution in [0.25, 0.3) is 0 Å². The lowest BCUT2D eigenvalue weighted by atomic mass is 10.1. The molecule has 0 aliphatic heterocycles. The van der Waals surface area contributed by atoms with E-state index in [0.29, 0.717) is 22.6 Å². The molecule has 0 saturated heterocycles. The van der Waals surface area contributed by atoms with Crippen LogP contribution in [0.4, 0.5) is 10.1 Å². The molecule has 21 heavy (non-hydrogen) atoms. The molecule has 4 nitrogen and oxygen atoms in total. The van der Waals surface area contributed by atoms with Gasteiger partial charge in [-0.1, -0.05) is 18.2 Å². The molecule has 2 rings (SSSR count). The van der Waals surface area contributed by atoms with E-state index in [2.05, 4.69) is 11.4 Å². The molecular formula is C16H15FN2O2. The number of ether oxygens (including phenoxy) is 1. The number of hydrogen-bond acceptors (Lipinski definition) is 4. The molecule has 0 heterocycles. The molecule has 0 radical (unpaired) electrons. The number of halogens is 1. The third-order valence-corrected chi connectivity index (χ3v) is 3.07. The Labute approximate surface area is 122 Å². The van der Waals surface area contributed by atoms with Gasteiger partial charge in [0, 0.05) is 6.54 Å². The molecule has 2 aromatic carbocycles. The molecular weight excluding hydrogens is 271 g/mol. The summed E-state index contributed by atoms with van der Waals surface area (Å²) < 4.78 is 18.3. The first-order valence-corrected chi connectivity index (χ1v) is 6.40. The Morgan fingerprint density at radius 3 is 2.76 bits per heavy atom. The number of methoxy groups -OCH3 is 1. The lowest BCUT2D eigenvalue weighted by Gasteiger charge is -2.16. The Balaban J connectivity index is 2.15. The van der Waals surface area contributed by atoms with Crippen molar-refractivity contribution in [3.63, 3.8) is 0 Å². The average molecular weight is 286 g/mol. The maximum Gasteiger partial charge on any atom is 0.143 e. The molecule has 2 aromatic rings. The van der Waals surface area contributed by atoms with Crippen LogP contribution < -0.4 is 10.1 Å². The van der Waals surface area contributed by atoms with Crippen LogP contribution in [0.2, 0.25) is 0 Å². The topological polar surface area (TPSA) is 65.3 Å². The Morgan fingerprint density at radius 2 is 2.10 bits per heavy atom. The van der Waals surface area contributed by atoms with Gasteiger partial charge in [0.05, 0.1) is 24.5 Å². The summed E-state index contributed by atoms with van der Waals surface area (Å²) >= 11 is 0. The lowest BCUT2D eigenvalue weighted by molar-refractivity contribution is 0.191. The Kier molecular flexibility index (Phi) is 4.75. The van der Waals surface area contributed by atoms with Crippen molar-refractivity contribution in [3.05, 3.63) is 59.4 Å². The van der Waals surface area contributed by atoms with Gasteiger partial charge in [-0.25, -0.2) is 4.39 Å². The first kappa shape index (κ1) is 14.8. The van der Waals surface area contributed by atoms with Gasteiger partial charge in [-0.05, 0) is 29.8 Å². The summed E-state index contributed by atoms with van der Waals surface area (Å²) in [5.74, 6) is 0.113.